The Morgan fingerprint density at radius 3 is 2.60 bits per heavy atom. The van der Waals surface area contributed by atoms with Crippen LogP contribution in [0.2, 0.25) is 0 Å². The Bertz CT molecular complexity index is 196. The monoisotopic (exact) mass is 236 g/mol. The normalized spacial score (nSPS) is 17.1. The van der Waals surface area contributed by atoms with Gasteiger partial charge < -0.3 is 15.8 Å². The quantitative estimate of drug-likeness (QED) is 0.713. The summed E-state index contributed by atoms with van der Waals surface area (Å²) in [5.41, 5.74) is 5.83. The van der Waals surface area contributed by atoms with Crippen molar-refractivity contribution in [3.8, 4) is 0 Å². The summed E-state index contributed by atoms with van der Waals surface area (Å²) in [6.45, 7) is 4.52. The minimum Gasteiger partial charge on any atom is -0.369 e. The highest BCUT2D eigenvalue weighted by molar-refractivity contribution is 5.85. The van der Waals surface area contributed by atoms with E-state index in [4.69, 9.17) is 10.5 Å². The van der Waals surface area contributed by atoms with Crippen molar-refractivity contribution in [1.29, 1.82) is 0 Å². The third-order valence-electron chi connectivity index (χ3n) is 2.31. The molecule has 1 aliphatic rings. The lowest BCUT2D eigenvalue weighted by Crippen LogP contribution is -2.40. The average molecular weight is 237 g/mol. The van der Waals surface area contributed by atoms with Crippen molar-refractivity contribution < 1.29 is 9.53 Å². The van der Waals surface area contributed by atoms with Crippen molar-refractivity contribution >= 4 is 18.3 Å². The highest BCUT2D eigenvalue weighted by Crippen LogP contribution is 2.31. The highest BCUT2D eigenvalue weighted by Gasteiger charge is 2.28. The van der Waals surface area contributed by atoms with Gasteiger partial charge in [0.1, 0.15) is 6.61 Å². The van der Waals surface area contributed by atoms with Gasteiger partial charge in [0.2, 0.25) is 5.91 Å². The van der Waals surface area contributed by atoms with Gasteiger partial charge in [-0.2, -0.15) is 0 Å². The Labute approximate surface area is 97.3 Å². The van der Waals surface area contributed by atoms with Crippen LogP contribution in [0.25, 0.3) is 0 Å². The van der Waals surface area contributed by atoms with Crippen LogP contribution in [0.5, 0.6) is 0 Å². The number of hydrogen-bond donors (Lipinski definition) is 2. The predicted molar refractivity (Wildman–Crippen MR) is 62.0 cm³/mol. The zero-order valence-corrected chi connectivity index (χ0v) is 10.2. The van der Waals surface area contributed by atoms with E-state index in [1.807, 2.05) is 13.8 Å². The van der Waals surface area contributed by atoms with Crippen LogP contribution in [0.15, 0.2) is 0 Å². The van der Waals surface area contributed by atoms with Crippen LogP contribution in [-0.4, -0.2) is 31.2 Å². The second kappa shape index (κ2) is 7.04. The minimum absolute atomic E-state index is 0. The van der Waals surface area contributed by atoms with Crippen LogP contribution in [-0.2, 0) is 9.53 Å². The Hall–Kier alpha value is -0.320. The Morgan fingerprint density at radius 1 is 1.53 bits per heavy atom. The van der Waals surface area contributed by atoms with Crippen molar-refractivity contribution in [3.05, 3.63) is 0 Å². The average Bonchev–Trinajstić information content (AvgIpc) is 2.93. The number of ether oxygens (including phenoxy) is 1. The van der Waals surface area contributed by atoms with Crippen molar-refractivity contribution in [2.45, 2.75) is 38.8 Å². The first-order chi connectivity index (χ1) is 6.59. The second-order valence-corrected chi connectivity index (χ2v) is 4.17. The van der Waals surface area contributed by atoms with E-state index in [9.17, 15) is 4.79 Å². The fourth-order valence-corrected chi connectivity index (χ4v) is 1.22. The minimum atomic E-state index is -0.0743. The zero-order chi connectivity index (χ0) is 10.6. The molecular formula is C10H21ClN2O2. The predicted octanol–water partition coefficient (Wildman–Crippen LogP) is 0.687. The van der Waals surface area contributed by atoms with Crippen LogP contribution in [0.1, 0.15) is 26.7 Å². The molecule has 1 amide bonds. The van der Waals surface area contributed by atoms with Gasteiger partial charge in [-0.05, 0) is 32.6 Å². The van der Waals surface area contributed by atoms with Gasteiger partial charge in [-0.25, -0.2) is 0 Å². The van der Waals surface area contributed by atoms with Crippen molar-refractivity contribution in [1.82, 2.24) is 5.32 Å². The third-order valence-corrected chi connectivity index (χ3v) is 2.31. The first-order valence-electron chi connectivity index (χ1n) is 5.23. The van der Waals surface area contributed by atoms with Gasteiger partial charge in [-0.3, -0.25) is 4.79 Å². The molecule has 1 fully saturated rings. The van der Waals surface area contributed by atoms with Crippen molar-refractivity contribution in [3.63, 3.8) is 0 Å². The van der Waals surface area contributed by atoms with Crippen LogP contribution in [0.3, 0.4) is 0 Å². The Balaban J connectivity index is 0.00000196. The lowest BCUT2D eigenvalue weighted by atomic mass is 10.2. The fraction of sp³-hybridized carbons (Fsp3) is 0.900. The maximum atomic E-state index is 11.2. The summed E-state index contributed by atoms with van der Waals surface area (Å²) in [6.07, 6.45) is 2.51. The van der Waals surface area contributed by atoms with Gasteiger partial charge in [-0.15, -0.1) is 12.4 Å². The molecule has 0 heterocycles. The summed E-state index contributed by atoms with van der Waals surface area (Å²) in [6, 6.07) is 0.123. The summed E-state index contributed by atoms with van der Waals surface area (Å²) >= 11 is 0. The molecule has 3 N–H and O–H groups in total. The summed E-state index contributed by atoms with van der Waals surface area (Å²) < 4.78 is 5.16. The van der Waals surface area contributed by atoms with Crippen LogP contribution >= 0.6 is 12.4 Å². The maximum absolute atomic E-state index is 11.2. The van der Waals surface area contributed by atoms with E-state index in [0.29, 0.717) is 12.5 Å². The van der Waals surface area contributed by atoms with E-state index in [0.717, 1.165) is 0 Å². The second-order valence-electron chi connectivity index (χ2n) is 4.17. The molecule has 90 valence electrons. The molecule has 0 saturated heterocycles. The lowest BCUT2D eigenvalue weighted by Gasteiger charge is -2.12. The zero-order valence-electron chi connectivity index (χ0n) is 9.36. The molecule has 5 heteroatoms. The number of rotatable bonds is 6. The number of carbonyl (C=O) groups excluding carboxylic acids is 1. The van der Waals surface area contributed by atoms with E-state index >= 15 is 0 Å². The molecule has 4 nitrogen and oxygen atoms in total. The molecule has 0 aromatic heterocycles. The molecule has 0 aromatic rings. The molecule has 0 aliphatic heterocycles. The fourth-order valence-electron chi connectivity index (χ4n) is 1.22. The molecule has 1 atom stereocenters. The van der Waals surface area contributed by atoms with E-state index in [1.54, 1.807) is 0 Å². The van der Waals surface area contributed by atoms with E-state index in [1.165, 1.54) is 12.8 Å². The molecule has 1 rings (SSSR count). The van der Waals surface area contributed by atoms with Crippen LogP contribution in [0, 0.1) is 5.92 Å². The van der Waals surface area contributed by atoms with Gasteiger partial charge >= 0.3 is 0 Å². The van der Waals surface area contributed by atoms with Crippen LogP contribution < -0.4 is 11.1 Å². The number of halogens is 1. The molecule has 15 heavy (non-hydrogen) atoms. The van der Waals surface area contributed by atoms with Crippen molar-refractivity contribution in [2.24, 2.45) is 11.7 Å². The number of amides is 1. The maximum Gasteiger partial charge on any atom is 0.246 e. The first kappa shape index (κ1) is 14.7. The summed E-state index contributed by atoms with van der Waals surface area (Å²) in [7, 11) is 0. The smallest absolute Gasteiger partial charge is 0.246 e. The molecule has 0 aromatic carbocycles. The van der Waals surface area contributed by atoms with Crippen LogP contribution in [0.4, 0.5) is 0 Å². The molecule has 1 saturated carbocycles. The standard InChI is InChI=1S/C10H20N2O2.ClH/c1-7(2)14-6-10(13)12-5-9(11)8-3-4-8;/h7-9H,3-6,11H2,1-2H3,(H,12,13);1H. The van der Waals surface area contributed by atoms with Crippen molar-refractivity contribution in [2.75, 3.05) is 13.2 Å². The third kappa shape index (κ3) is 6.71. The summed E-state index contributed by atoms with van der Waals surface area (Å²) in [4.78, 5) is 11.2. The van der Waals surface area contributed by atoms with E-state index in [-0.39, 0.29) is 37.1 Å². The Morgan fingerprint density at radius 2 is 2.13 bits per heavy atom. The topological polar surface area (TPSA) is 64.3 Å². The molecule has 1 unspecified atom stereocenters. The number of carbonyl (C=O) groups is 1. The molecule has 0 spiro atoms. The highest BCUT2D eigenvalue weighted by atomic mass is 35.5. The molecule has 0 radical (unpaired) electrons. The molecule has 0 bridgehead atoms. The summed E-state index contributed by atoms with van der Waals surface area (Å²) in [5, 5.41) is 2.77. The number of nitrogens with two attached hydrogens (primary N) is 1. The van der Waals surface area contributed by atoms with Gasteiger partial charge in [0.25, 0.3) is 0 Å². The van der Waals surface area contributed by atoms with Gasteiger partial charge in [0, 0.05) is 12.6 Å². The number of nitrogens with one attached hydrogen (secondary N) is 1. The summed E-state index contributed by atoms with van der Waals surface area (Å²) in [5.74, 6) is 0.552. The van der Waals surface area contributed by atoms with E-state index < -0.39 is 0 Å². The first-order valence-corrected chi connectivity index (χ1v) is 5.23. The van der Waals surface area contributed by atoms with E-state index in [2.05, 4.69) is 5.32 Å². The van der Waals surface area contributed by atoms with Gasteiger partial charge in [0.15, 0.2) is 0 Å². The lowest BCUT2D eigenvalue weighted by molar-refractivity contribution is -0.127. The molecular weight excluding hydrogens is 216 g/mol. The van der Waals surface area contributed by atoms with Gasteiger partial charge in [-0.1, -0.05) is 0 Å². The number of hydrogen-bond acceptors (Lipinski definition) is 3. The largest absolute Gasteiger partial charge is 0.369 e. The SMILES string of the molecule is CC(C)OCC(=O)NCC(N)C1CC1.Cl. The molecule has 1 aliphatic carbocycles. The van der Waals surface area contributed by atoms with Gasteiger partial charge in [0.05, 0.1) is 6.10 Å². The Kier molecular flexibility index (Phi) is 6.89.